The predicted molar refractivity (Wildman–Crippen MR) is 127 cm³/mol. The zero-order valence-corrected chi connectivity index (χ0v) is 21.7. The Kier molecular flexibility index (Phi) is 6.28. The number of hydrogen-bond acceptors (Lipinski definition) is 7. The highest BCUT2D eigenvalue weighted by Gasteiger charge is 2.64. The summed E-state index contributed by atoms with van der Waals surface area (Å²) in [6.45, 7) is 9.05. The van der Waals surface area contributed by atoms with Gasteiger partial charge in [0.25, 0.3) is 0 Å². The average molecular weight is 475 g/mol. The molecule has 0 radical (unpaired) electrons. The summed E-state index contributed by atoms with van der Waals surface area (Å²) in [5.74, 6) is 1.16. The molecule has 188 valence electrons. The molecule has 3 saturated carbocycles. The Bertz CT molecular complexity index is 993. The van der Waals surface area contributed by atoms with Crippen LogP contribution in [0.4, 0.5) is 0 Å². The van der Waals surface area contributed by atoms with Crippen molar-refractivity contribution in [3.05, 3.63) is 16.7 Å². The number of ether oxygens (including phenoxy) is 5. The summed E-state index contributed by atoms with van der Waals surface area (Å²) in [7, 11) is 5.56. The van der Waals surface area contributed by atoms with Gasteiger partial charge in [-0.1, -0.05) is 27.7 Å². The minimum absolute atomic E-state index is 0.0457. The van der Waals surface area contributed by atoms with Crippen LogP contribution in [-0.4, -0.2) is 46.0 Å². The van der Waals surface area contributed by atoms with Gasteiger partial charge in [-0.05, 0) is 55.3 Å². The van der Waals surface area contributed by atoms with Gasteiger partial charge in [0.1, 0.15) is 28.2 Å². The lowest BCUT2D eigenvalue weighted by atomic mass is 9.42. The fourth-order valence-electron chi connectivity index (χ4n) is 7.06. The molecule has 4 atom stereocenters. The molecule has 3 fully saturated rings. The normalized spacial score (nSPS) is 28.4. The van der Waals surface area contributed by atoms with E-state index in [9.17, 15) is 9.59 Å². The molecule has 0 saturated heterocycles. The highest BCUT2D eigenvalue weighted by Crippen LogP contribution is 2.68. The van der Waals surface area contributed by atoms with E-state index in [1.165, 1.54) is 28.4 Å². The van der Waals surface area contributed by atoms with E-state index in [1.54, 1.807) is 0 Å². The smallest absolute Gasteiger partial charge is 0.345 e. The van der Waals surface area contributed by atoms with Gasteiger partial charge >= 0.3 is 11.9 Å². The molecule has 7 heteroatoms. The summed E-state index contributed by atoms with van der Waals surface area (Å²) in [6, 6.07) is 0. The second kappa shape index (κ2) is 8.65. The number of benzene rings is 1. The fourth-order valence-corrected chi connectivity index (χ4v) is 7.06. The number of esters is 2. The average Bonchev–Trinajstić information content (AvgIpc) is 2.80. The SMILES string of the molecule is COC(=O)c1c(OC)c(C(=O)OC)c2c(c1OC)C(CC(C)C)C[C@@]1(CC[C@H]3C[C@@H]1C3(C)C)O2. The monoisotopic (exact) mass is 474 g/mol. The van der Waals surface area contributed by atoms with Crippen LogP contribution in [0.5, 0.6) is 17.2 Å². The van der Waals surface area contributed by atoms with Crippen LogP contribution in [-0.2, 0) is 9.47 Å². The van der Waals surface area contributed by atoms with Gasteiger partial charge in [0.2, 0.25) is 0 Å². The van der Waals surface area contributed by atoms with Crippen LogP contribution >= 0.6 is 0 Å². The number of carbonyl (C=O) groups excluding carboxylic acids is 2. The first-order valence-corrected chi connectivity index (χ1v) is 12.2. The molecule has 7 nitrogen and oxygen atoms in total. The molecule has 1 heterocycles. The molecule has 3 aliphatic carbocycles. The topological polar surface area (TPSA) is 80.3 Å². The van der Waals surface area contributed by atoms with E-state index in [1.807, 2.05) is 0 Å². The number of carbonyl (C=O) groups is 2. The third-order valence-corrected chi connectivity index (χ3v) is 8.67. The number of rotatable bonds is 6. The van der Waals surface area contributed by atoms with Gasteiger partial charge in [-0.15, -0.1) is 0 Å². The Morgan fingerprint density at radius 1 is 1.00 bits per heavy atom. The van der Waals surface area contributed by atoms with Gasteiger partial charge in [0.05, 0.1) is 28.4 Å². The third kappa shape index (κ3) is 3.45. The molecular formula is C27H38O7. The van der Waals surface area contributed by atoms with Crippen LogP contribution in [0.1, 0.15) is 92.0 Å². The molecule has 34 heavy (non-hydrogen) atoms. The van der Waals surface area contributed by atoms with Gasteiger partial charge in [0, 0.05) is 11.5 Å². The first-order chi connectivity index (χ1) is 16.1. The predicted octanol–water partition coefficient (Wildman–Crippen LogP) is 5.38. The van der Waals surface area contributed by atoms with Crippen molar-refractivity contribution < 1.29 is 33.3 Å². The summed E-state index contributed by atoms with van der Waals surface area (Å²) in [5.41, 5.74) is 0.767. The lowest BCUT2D eigenvalue weighted by Gasteiger charge is -2.66. The Morgan fingerprint density at radius 3 is 2.12 bits per heavy atom. The quantitative estimate of drug-likeness (QED) is 0.512. The van der Waals surface area contributed by atoms with E-state index in [-0.39, 0.29) is 33.8 Å². The van der Waals surface area contributed by atoms with E-state index in [2.05, 4.69) is 27.7 Å². The van der Waals surface area contributed by atoms with Crippen molar-refractivity contribution in [3.63, 3.8) is 0 Å². The minimum Gasteiger partial charge on any atom is -0.495 e. The van der Waals surface area contributed by atoms with Crippen molar-refractivity contribution in [1.29, 1.82) is 0 Å². The highest BCUT2D eigenvalue weighted by molar-refractivity contribution is 6.05. The van der Waals surface area contributed by atoms with Crippen molar-refractivity contribution in [2.45, 2.75) is 71.3 Å². The van der Waals surface area contributed by atoms with Crippen molar-refractivity contribution in [2.75, 3.05) is 28.4 Å². The van der Waals surface area contributed by atoms with Crippen LogP contribution in [0.2, 0.25) is 0 Å². The minimum atomic E-state index is -0.633. The van der Waals surface area contributed by atoms with Gasteiger partial charge in [-0.25, -0.2) is 9.59 Å². The zero-order valence-electron chi connectivity index (χ0n) is 21.7. The summed E-state index contributed by atoms with van der Waals surface area (Å²) in [4.78, 5) is 26.1. The van der Waals surface area contributed by atoms with Crippen molar-refractivity contribution in [2.24, 2.45) is 23.2 Å². The van der Waals surface area contributed by atoms with Gasteiger partial charge in [-0.2, -0.15) is 0 Å². The maximum atomic E-state index is 13.2. The van der Waals surface area contributed by atoms with E-state index < -0.39 is 11.9 Å². The van der Waals surface area contributed by atoms with Crippen LogP contribution in [0, 0.1) is 23.2 Å². The molecule has 1 unspecified atom stereocenters. The van der Waals surface area contributed by atoms with Crippen molar-refractivity contribution >= 4 is 11.9 Å². The number of hydrogen-bond donors (Lipinski definition) is 0. The third-order valence-electron chi connectivity index (χ3n) is 8.67. The zero-order chi connectivity index (χ0) is 25.0. The van der Waals surface area contributed by atoms with E-state index in [0.29, 0.717) is 29.3 Å². The van der Waals surface area contributed by atoms with Crippen LogP contribution in [0.3, 0.4) is 0 Å². The largest absolute Gasteiger partial charge is 0.495 e. The van der Waals surface area contributed by atoms with E-state index >= 15 is 0 Å². The van der Waals surface area contributed by atoms with Crippen molar-refractivity contribution in [3.8, 4) is 17.2 Å². The maximum absolute atomic E-state index is 13.2. The lowest BCUT2D eigenvalue weighted by Crippen LogP contribution is -2.65. The Hall–Kier alpha value is -2.44. The number of methoxy groups -OCH3 is 4. The van der Waals surface area contributed by atoms with E-state index in [0.717, 1.165) is 37.7 Å². The molecule has 0 amide bonds. The van der Waals surface area contributed by atoms with Crippen LogP contribution in [0.15, 0.2) is 0 Å². The molecule has 1 aromatic rings. The van der Waals surface area contributed by atoms with Crippen LogP contribution in [0.25, 0.3) is 0 Å². The van der Waals surface area contributed by atoms with Gasteiger partial charge in [0.15, 0.2) is 5.75 Å². The Labute approximate surface area is 202 Å². The molecule has 5 rings (SSSR count). The molecule has 1 aliphatic heterocycles. The molecule has 0 aromatic heterocycles. The van der Waals surface area contributed by atoms with E-state index in [4.69, 9.17) is 23.7 Å². The first kappa shape index (κ1) is 24.7. The van der Waals surface area contributed by atoms with Crippen LogP contribution < -0.4 is 14.2 Å². The second-order valence-electron chi connectivity index (χ2n) is 11.1. The molecular weight excluding hydrogens is 436 g/mol. The molecule has 0 N–H and O–H groups in total. The second-order valence-corrected chi connectivity index (χ2v) is 11.1. The highest BCUT2D eigenvalue weighted by atomic mass is 16.5. The van der Waals surface area contributed by atoms with Gasteiger partial charge in [-0.3, -0.25) is 0 Å². The summed E-state index contributed by atoms with van der Waals surface area (Å²) in [5, 5.41) is 0. The molecule has 2 bridgehead atoms. The molecule has 1 spiro atoms. The fraction of sp³-hybridized carbons (Fsp3) is 0.704. The first-order valence-electron chi connectivity index (χ1n) is 12.2. The number of fused-ring (bicyclic) bond motifs is 2. The van der Waals surface area contributed by atoms with Crippen molar-refractivity contribution in [1.82, 2.24) is 0 Å². The standard InChI is InChI=1S/C27H38O7/c1-14(2)11-15-13-27(10-9-16-12-17(27)26(16,3)4)34-23-18(15)21(30-5)19(24(28)32-7)22(31-6)20(23)25(29)33-8/h14-17H,9-13H2,1-8H3/t15?,16-,17+,27+/m0/s1. The summed E-state index contributed by atoms with van der Waals surface area (Å²) < 4.78 is 28.7. The molecule has 4 aliphatic rings. The van der Waals surface area contributed by atoms with Gasteiger partial charge < -0.3 is 23.7 Å². The molecule has 1 aromatic carbocycles. The summed E-state index contributed by atoms with van der Waals surface area (Å²) in [6.07, 6.45) is 4.89. The maximum Gasteiger partial charge on any atom is 0.345 e. The Morgan fingerprint density at radius 2 is 1.62 bits per heavy atom. The Balaban J connectivity index is 2.03. The lowest BCUT2D eigenvalue weighted by molar-refractivity contribution is -0.199. The summed E-state index contributed by atoms with van der Waals surface area (Å²) >= 11 is 0.